The first kappa shape index (κ1) is 12.7. The molecular weight excluding hydrogens is 198 g/mol. The van der Waals surface area contributed by atoms with Crippen molar-refractivity contribution in [1.29, 1.82) is 5.26 Å². The third kappa shape index (κ3) is 4.43. The van der Waals surface area contributed by atoms with Gasteiger partial charge in [-0.1, -0.05) is 30.3 Å². The smallest absolute Gasteiger partial charge is 0.114 e. The van der Waals surface area contributed by atoms with Crippen LogP contribution < -0.4 is 5.73 Å². The largest absolute Gasteiger partial charge is 0.313 e. The first-order chi connectivity index (χ1) is 7.53. The van der Waals surface area contributed by atoms with Gasteiger partial charge in [-0.2, -0.15) is 5.26 Å². The molecule has 2 N–H and O–H groups in total. The Balaban J connectivity index is 2.37. The monoisotopic (exact) mass is 217 g/mol. The second-order valence-electron chi connectivity index (χ2n) is 4.50. The van der Waals surface area contributed by atoms with Gasteiger partial charge in [-0.3, -0.25) is 0 Å². The summed E-state index contributed by atoms with van der Waals surface area (Å²) in [6.45, 7) is 3.26. The topological polar surface area (TPSA) is 53.0 Å². The maximum atomic E-state index is 8.83. The lowest BCUT2D eigenvalue weighted by Gasteiger charge is -2.24. The molecule has 0 fully saturated rings. The van der Waals surface area contributed by atoms with Gasteiger partial charge in [0.05, 0.1) is 6.07 Å². The lowest BCUT2D eigenvalue weighted by Crippen LogP contribution is -2.45. The van der Waals surface area contributed by atoms with E-state index in [0.29, 0.717) is 6.54 Å². The molecule has 1 atom stereocenters. The highest BCUT2D eigenvalue weighted by Gasteiger charge is 2.19. The van der Waals surface area contributed by atoms with Crippen LogP contribution in [0.4, 0.5) is 0 Å². The fraction of sp³-hybridized carbons (Fsp3) is 0.462. The summed E-state index contributed by atoms with van der Waals surface area (Å²) in [5.41, 5.74) is 6.33. The summed E-state index contributed by atoms with van der Waals surface area (Å²) in [4.78, 5) is 2.09. The molecular formula is C13H19N3. The van der Waals surface area contributed by atoms with Crippen molar-refractivity contribution in [2.24, 2.45) is 5.73 Å². The summed E-state index contributed by atoms with van der Waals surface area (Å²) in [7, 11) is 1.99. The molecule has 0 heterocycles. The molecule has 0 saturated heterocycles. The van der Waals surface area contributed by atoms with Crippen LogP contribution >= 0.6 is 0 Å². The first-order valence-corrected chi connectivity index (χ1v) is 5.46. The second kappa shape index (κ2) is 5.64. The Morgan fingerprint density at radius 2 is 2.00 bits per heavy atom. The quantitative estimate of drug-likeness (QED) is 0.811. The van der Waals surface area contributed by atoms with Gasteiger partial charge in [-0.15, -0.1) is 0 Å². The van der Waals surface area contributed by atoms with E-state index in [4.69, 9.17) is 11.0 Å². The SMILES string of the molecule is CN(CCc1ccccc1)CC(C)(N)C#N. The van der Waals surface area contributed by atoms with E-state index >= 15 is 0 Å². The summed E-state index contributed by atoms with van der Waals surface area (Å²) < 4.78 is 0. The van der Waals surface area contributed by atoms with E-state index in [2.05, 4.69) is 23.1 Å². The Morgan fingerprint density at radius 3 is 2.56 bits per heavy atom. The molecule has 3 heteroatoms. The Labute approximate surface area is 97.5 Å². The average Bonchev–Trinajstić information content (AvgIpc) is 2.27. The highest BCUT2D eigenvalue weighted by molar-refractivity contribution is 5.15. The molecule has 0 amide bonds. The number of nitrogens with two attached hydrogens (primary N) is 1. The second-order valence-corrected chi connectivity index (χ2v) is 4.50. The van der Waals surface area contributed by atoms with E-state index in [0.717, 1.165) is 13.0 Å². The average molecular weight is 217 g/mol. The number of likely N-dealkylation sites (N-methyl/N-ethyl adjacent to an activating group) is 1. The Hall–Kier alpha value is -1.37. The number of hydrogen-bond donors (Lipinski definition) is 1. The Bertz CT molecular complexity index is 351. The number of benzene rings is 1. The van der Waals surface area contributed by atoms with Crippen LogP contribution in [-0.4, -0.2) is 30.6 Å². The maximum Gasteiger partial charge on any atom is 0.114 e. The van der Waals surface area contributed by atoms with Crippen LogP contribution in [0, 0.1) is 11.3 Å². The van der Waals surface area contributed by atoms with Gasteiger partial charge in [0.15, 0.2) is 0 Å². The summed E-state index contributed by atoms with van der Waals surface area (Å²) in [5.74, 6) is 0. The molecule has 0 radical (unpaired) electrons. The minimum Gasteiger partial charge on any atom is -0.313 e. The van der Waals surface area contributed by atoms with Crippen molar-refractivity contribution >= 4 is 0 Å². The highest BCUT2D eigenvalue weighted by Crippen LogP contribution is 2.03. The van der Waals surface area contributed by atoms with Gasteiger partial charge in [0.1, 0.15) is 5.54 Å². The minimum absolute atomic E-state index is 0.594. The van der Waals surface area contributed by atoms with E-state index in [1.165, 1.54) is 5.56 Å². The van der Waals surface area contributed by atoms with Crippen LogP contribution in [0.15, 0.2) is 30.3 Å². The molecule has 86 valence electrons. The molecule has 1 rings (SSSR count). The van der Waals surface area contributed by atoms with Gasteiger partial charge >= 0.3 is 0 Å². The van der Waals surface area contributed by atoms with Gasteiger partial charge < -0.3 is 10.6 Å². The van der Waals surface area contributed by atoms with Crippen molar-refractivity contribution in [1.82, 2.24) is 4.90 Å². The van der Waals surface area contributed by atoms with Crippen LogP contribution in [0.5, 0.6) is 0 Å². The minimum atomic E-state index is -0.758. The van der Waals surface area contributed by atoms with Gasteiger partial charge in [-0.25, -0.2) is 0 Å². The van der Waals surface area contributed by atoms with E-state index in [-0.39, 0.29) is 0 Å². The summed E-state index contributed by atoms with van der Waals surface area (Å²) >= 11 is 0. The van der Waals surface area contributed by atoms with Crippen LogP contribution in [-0.2, 0) is 6.42 Å². The highest BCUT2D eigenvalue weighted by atomic mass is 15.1. The molecule has 0 aliphatic carbocycles. The van der Waals surface area contributed by atoms with E-state index in [9.17, 15) is 0 Å². The number of nitrogens with zero attached hydrogens (tertiary/aromatic N) is 2. The summed E-state index contributed by atoms with van der Waals surface area (Å²) in [5, 5.41) is 8.83. The van der Waals surface area contributed by atoms with Crippen molar-refractivity contribution in [3.05, 3.63) is 35.9 Å². The molecule has 0 bridgehead atoms. The van der Waals surface area contributed by atoms with E-state index < -0.39 is 5.54 Å². The molecule has 0 spiro atoms. The van der Waals surface area contributed by atoms with E-state index in [1.807, 2.05) is 25.2 Å². The predicted octanol–water partition coefficient (Wildman–Crippen LogP) is 1.40. The van der Waals surface area contributed by atoms with Gasteiger partial charge in [0, 0.05) is 13.1 Å². The fourth-order valence-corrected chi connectivity index (χ4v) is 1.64. The Morgan fingerprint density at radius 1 is 1.38 bits per heavy atom. The molecule has 0 saturated carbocycles. The molecule has 1 unspecified atom stereocenters. The van der Waals surface area contributed by atoms with Crippen LogP contribution in [0.25, 0.3) is 0 Å². The van der Waals surface area contributed by atoms with Gasteiger partial charge in [0.25, 0.3) is 0 Å². The number of hydrogen-bond acceptors (Lipinski definition) is 3. The molecule has 16 heavy (non-hydrogen) atoms. The maximum absolute atomic E-state index is 8.83. The molecule has 0 aliphatic heterocycles. The lowest BCUT2D eigenvalue weighted by atomic mass is 10.1. The fourth-order valence-electron chi connectivity index (χ4n) is 1.64. The normalized spacial score (nSPS) is 14.4. The standard InChI is InChI=1S/C13H19N3/c1-13(15,10-14)11-16(2)9-8-12-6-4-3-5-7-12/h3-7H,8-9,11,15H2,1-2H3. The molecule has 3 nitrogen and oxygen atoms in total. The first-order valence-electron chi connectivity index (χ1n) is 5.46. The lowest BCUT2D eigenvalue weighted by molar-refractivity contribution is 0.293. The number of rotatable bonds is 5. The van der Waals surface area contributed by atoms with Crippen LogP contribution in [0.3, 0.4) is 0 Å². The summed E-state index contributed by atoms with van der Waals surface area (Å²) in [6, 6.07) is 12.4. The van der Waals surface area contributed by atoms with Gasteiger partial charge in [0.2, 0.25) is 0 Å². The zero-order valence-electron chi connectivity index (χ0n) is 9.98. The zero-order valence-corrected chi connectivity index (χ0v) is 9.98. The van der Waals surface area contributed by atoms with Crippen molar-refractivity contribution in [2.45, 2.75) is 18.9 Å². The number of nitriles is 1. The van der Waals surface area contributed by atoms with Gasteiger partial charge in [-0.05, 0) is 26.0 Å². The molecule has 1 aromatic carbocycles. The van der Waals surface area contributed by atoms with Crippen LogP contribution in [0.2, 0.25) is 0 Å². The van der Waals surface area contributed by atoms with E-state index in [1.54, 1.807) is 6.92 Å². The third-order valence-corrected chi connectivity index (χ3v) is 2.48. The van der Waals surface area contributed by atoms with Crippen molar-refractivity contribution in [2.75, 3.05) is 20.1 Å². The van der Waals surface area contributed by atoms with Crippen molar-refractivity contribution in [3.63, 3.8) is 0 Å². The molecule has 1 aromatic rings. The zero-order chi connectivity index (χ0) is 12.0. The third-order valence-electron chi connectivity index (χ3n) is 2.48. The predicted molar refractivity (Wildman–Crippen MR) is 65.8 cm³/mol. The Kier molecular flexibility index (Phi) is 4.48. The molecule has 0 aliphatic rings. The van der Waals surface area contributed by atoms with Crippen molar-refractivity contribution in [3.8, 4) is 6.07 Å². The van der Waals surface area contributed by atoms with Crippen LogP contribution in [0.1, 0.15) is 12.5 Å². The van der Waals surface area contributed by atoms with Crippen molar-refractivity contribution < 1.29 is 0 Å². The summed E-state index contributed by atoms with van der Waals surface area (Å²) in [6.07, 6.45) is 0.985. The molecule has 0 aromatic heterocycles.